The first kappa shape index (κ1) is 41.4. The number of hydrogen-bond donors (Lipinski definition) is 4. The molecule has 0 aromatic rings. The number of amides is 1. The normalized spacial score (nSPS) is 13.7. The van der Waals surface area contributed by atoms with Crippen molar-refractivity contribution in [3.05, 3.63) is 0 Å². The summed E-state index contributed by atoms with van der Waals surface area (Å²) in [6.07, 6.45) is 34.8. The quantitative estimate of drug-likeness (QED) is 0.0556. The van der Waals surface area contributed by atoms with E-state index < -0.39 is 18.2 Å². The zero-order chi connectivity index (χ0) is 30.9. The fraction of sp³-hybridized carbons (Fsp3) is 0.973. The molecule has 0 aromatic carbocycles. The van der Waals surface area contributed by atoms with E-state index in [0.717, 1.165) is 38.5 Å². The molecule has 1 amide bonds. The number of aliphatic hydroxyl groups is 3. The highest BCUT2D eigenvalue weighted by Crippen LogP contribution is 2.16. The Balaban J connectivity index is 3.64. The van der Waals surface area contributed by atoms with E-state index in [1.807, 2.05) is 0 Å². The Kier molecular flexibility index (Phi) is 32.7. The Hall–Kier alpha value is -0.650. The van der Waals surface area contributed by atoms with Crippen LogP contribution < -0.4 is 5.32 Å². The lowest BCUT2D eigenvalue weighted by molar-refractivity contribution is -0.124. The molecular formula is C37H75NO4. The molecule has 0 radical (unpaired) electrons. The van der Waals surface area contributed by atoms with E-state index in [0.29, 0.717) is 12.8 Å². The molecule has 0 heterocycles. The summed E-state index contributed by atoms with van der Waals surface area (Å²) in [5.41, 5.74) is 0. The molecule has 0 aromatic heterocycles. The molecule has 252 valence electrons. The molecular weight excluding hydrogens is 522 g/mol. The van der Waals surface area contributed by atoms with Gasteiger partial charge in [-0.3, -0.25) is 4.79 Å². The number of hydrogen-bond acceptors (Lipinski definition) is 4. The van der Waals surface area contributed by atoms with Gasteiger partial charge in [0, 0.05) is 6.42 Å². The van der Waals surface area contributed by atoms with Gasteiger partial charge in [0.1, 0.15) is 6.10 Å². The number of carbonyl (C=O) groups is 1. The molecule has 0 aliphatic rings. The molecule has 0 bridgehead atoms. The van der Waals surface area contributed by atoms with Crippen molar-refractivity contribution < 1.29 is 20.1 Å². The SMILES string of the molecule is CCCCCCCCCCCCCCCCCCC(=O)NC(CO)C(O)C(O)CCCCCCCCCCCCCC. The van der Waals surface area contributed by atoms with Gasteiger partial charge in [0.2, 0.25) is 5.91 Å². The number of unbranched alkanes of at least 4 members (excludes halogenated alkanes) is 26. The molecule has 0 spiro atoms. The average Bonchev–Trinajstić information content (AvgIpc) is 2.99. The molecule has 3 unspecified atom stereocenters. The fourth-order valence-electron chi connectivity index (χ4n) is 5.99. The highest BCUT2D eigenvalue weighted by molar-refractivity contribution is 5.76. The van der Waals surface area contributed by atoms with E-state index in [9.17, 15) is 20.1 Å². The predicted molar refractivity (Wildman–Crippen MR) is 181 cm³/mol. The van der Waals surface area contributed by atoms with Gasteiger partial charge in [0.15, 0.2) is 0 Å². The second-order valence-corrected chi connectivity index (χ2v) is 13.1. The summed E-state index contributed by atoms with van der Waals surface area (Å²) in [5, 5.41) is 33.3. The Labute approximate surface area is 262 Å². The van der Waals surface area contributed by atoms with Crippen molar-refractivity contribution >= 4 is 5.91 Å². The van der Waals surface area contributed by atoms with Crippen LogP contribution in [0.3, 0.4) is 0 Å². The minimum absolute atomic E-state index is 0.143. The van der Waals surface area contributed by atoms with E-state index in [2.05, 4.69) is 19.2 Å². The van der Waals surface area contributed by atoms with Crippen LogP contribution in [0.2, 0.25) is 0 Å². The van der Waals surface area contributed by atoms with E-state index in [-0.39, 0.29) is 12.5 Å². The summed E-state index contributed by atoms with van der Waals surface area (Å²) in [7, 11) is 0. The highest BCUT2D eigenvalue weighted by atomic mass is 16.3. The van der Waals surface area contributed by atoms with Gasteiger partial charge < -0.3 is 20.6 Å². The maximum absolute atomic E-state index is 12.3. The van der Waals surface area contributed by atoms with Gasteiger partial charge in [-0.05, 0) is 12.8 Å². The molecule has 42 heavy (non-hydrogen) atoms. The van der Waals surface area contributed by atoms with Crippen molar-refractivity contribution in [1.29, 1.82) is 0 Å². The minimum atomic E-state index is -1.13. The molecule has 5 heteroatoms. The maximum atomic E-state index is 12.3. The topological polar surface area (TPSA) is 89.8 Å². The van der Waals surface area contributed by atoms with Crippen LogP contribution in [0, 0.1) is 0 Å². The third-order valence-electron chi connectivity index (χ3n) is 8.96. The molecule has 0 rings (SSSR count). The third-order valence-corrected chi connectivity index (χ3v) is 8.96. The first-order valence-electron chi connectivity index (χ1n) is 18.8. The van der Waals surface area contributed by atoms with Crippen LogP contribution in [-0.4, -0.2) is 46.1 Å². The zero-order valence-electron chi connectivity index (χ0n) is 28.4. The summed E-state index contributed by atoms with van der Waals surface area (Å²) in [4.78, 5) is 12.3. The Morgan fingerprint density at radius 2 is 0.810 bits per heavy atom. The Bertz CT molecular complexity index is 544. The first-order chi connectivity index (χ1) is 20.6. The van der Waals surface area contributed by atoms with Crippen LogP contribution in [-0.2, 0) is 4.79 Å². The monoisotopic (exact) mass is 598 g/mol. The van der Waals surface area contributed by atoms with E-state index >= 15 is 0 Å². The molecule has 0 saturated carbocycles. The van der Waals surface area contributed by atoms with Crippen molar-refractivity contribution in [2.45, 2.75) is 225 Å². The van der Waals surface area contributed by atoms with Crippen molar-refractivity contribution in [3.8, 4) is 0 Å². The zero-order valence-corrected chi connectivity index (χ0v) is 28.4. The van der Waals surface area contributed by atoms with Crippen LogP contribution in [0.1, 0.15) is 206 Å². The predicted octanol–water partition coefficient (Wildman–Crippen LogP) is 9.93. The molecule has 5 nitrogen and oxygen atoms in total. The van der Waals surface area contributed by atoms with E-state index in [1.165, 1.54) is 141 Å². The number of nitrogens with one attached hydrogen (secondary N) is 1. The van der Waals surface area contributed by atoms with Crippen LogP contribution in [0.25, 0.3) is 0 Å². The molecule has 0 fully saturated rings. The molecule has 0 aliphatic heterocycles. The van der Waals surface area contributed by atoms with E-state index in [4.69, 9.17) is 0 Å². The standard InChI is InChI=1S/C37H75NO4/c1-3-5-7-9-11-13-15-17-18-19-20-22-24-26-28-30-32-36(41)38-34(33-39)37(42)35(40)31-29-27-25-23-21-16-14-12-10-8-6-4-2/h34-35,37,39-40,42H,3-33H2,1-2H3,(H,38,41). The Morgan fingerprint density at radius 1 is 0.500 bits per heavy atom. The summed E-state index contributed by atoms with van der Waals surface area (Å²) in [6.45, 7) is 4.17. The van der Waals surface area contributed by atoms with Crippen molar-refractivity contribution in [2.24, 2.45) is 0 Å². The van der Waals surface area contributed by atoms with Crippen LogP contribution >= 0.6 is 0 Å². The minimum Gasteiger partial charge on any atom is -0.394 e. The molecule has 3 atom stereocenters. The van der Waals surface area contributed by atoms with Crippen molar-refractivity contribution in [2.75, 3.05) is 6.61 Å². The highest BCUT2D eigenvalue weighted by Gasteiger charge is 2.26. The lowest BCUT2D eigenvalue weighted by Crippen LogP contribution is -2.50. The van der Waals surface area contributed by atoms with E-state index in [1.54, 1.807) is 0 Å². The van der Waals surface area contributed by atoms with Gasteiger partial charge in [-0.25, -0.2) is 0 Å². The lowest BCUT2D eigenvalue weighted by atomic mass is 9.99. The average molecular weight is 598 g/mol. The van der Waals surface area contributed by atoms with Gasteiger partial charge in [-0.15, -0.1) is 0 Å². The summed E-state index contributed by atoms with van der Waals surface area (Å²) in [6, 6.07) is -0.800. The number of aliphatic hydroxyl groups excluding tert-OH is 3. The smallest absolute Gasteiger partial charge is 0.220 e. The van der Waals surface area contributed by atoms with Gasteiger partial charge in [-0.2, -0.15) is 0 Å². The number of rotatable bonds is 34. The van der Waals surface area contributed by atoms with Crippen molar-refractivity contribution in [1.82, 2.24) is 5.32 Å². The Morgan fingerprint density at radius 3 is 1.14 bits per heavy atom. The maximum Gasteiger partial charge on any atom is 0.220 e. The number of carbonyl (C=O) groups excluding carboxylic acids is 1. The summed E-state index contributed by atoms with van der Waals surface area (Å²) in [5.74, 6) is -0.143. The molecule has 0 aliphatic carbocycles. The summed E-state index contributed by atoms with van der Waals surface area (Å²) >= 11 is 0. The van der Waals surface area contributed by atoms with Gasteiger partial charge in [0.05, 0.1) is 18.8 Å². The summed E-state index contributed by atoms with van der Waals surface area (Å²) < 4.78 is 0. The van der Waals surface area contributed by atoms with Crippen LogP contribution in [0.4, 0.5) is 0 Å². The van der Waals surface area contributed by atoms with Crippen LogP contribution in [0.15, 0.2) is 0 Å². The van der Waals surface area contributed by atoms with Crippen molar-refractivity contribution in [3.63, 3.8) is 0 Å². The molecule has 0 saturated heterocycles. The second kappa shape index (κ2) is 33.2. The van der Waals surface area contributed by atoms with Gasteiger partial charge in [0.25, 0.3) is 0 Å². The largest absolute Gasteiger partial charge is 0.394 e. The molecule has 4 N–H and O–H groups in total. The second-order valence-electron chi connectivity index (χ2n) is 13.1. The first-order valence-corrected chi connectivity index (χ1v) is 18.8. The van der Waals surface area contributed by atoms with Crippen LogP contribution in [0.5, 0.6) is 0 Å². The van der Waals surface area contributed by atoms with Gasteiger partial charge >= 0.3 is 0 Å². The third kappa shape index (κ3) is 28.1. The fourth-order valence-corrected chi connectivity index (χ4v) is 5.99. The lowest BCUT2D eigenvalue weighted by Gasteiger charge is -2.26. The van der Waals surface area contributed by atoms with Gasteiger partial charge in [-0.1, -0.05) is 187 Å².